The van der Waals surface area contributed by atoms with Gasteiger partial charge in [-0.3, -0.25) is 0 Å². The van der Waals surface area contributed by atoms with Crippen LogP contribution in [-0.2, 0) is 4.74 Å². The zero-order chi connectivity index (χ0) is 12.5. The summed E-state index contributed by atoms with van der Waals surface area (Å²) in [6.45, 7) is 4.92. The van der Waals surface area contributed by atoms with Gasteiger partial charge in [0, 0.05) is 19.7 Å². The molecular weight excluding hydrogens is 221 g/mol. The third-order valence-electron chi connectivity index (χ3n) is 2.39. The predicted molar refractivity (Wildman–Crippen MR) is 66.0 cm³/mol. The lowest BCUT2D eigenvalue weighted by Gasteiger charge is -2.09. The third-order valence-corrected chi connectivity index (χ3v) is 2.39. The van der Waals surface area contributed by atoms with Crippen molar-refractivity contribution in [3.8, 4) is 5.75 Å². The maximum Gasteiger partial charge on any atom is 0.126 e. The van der Waals surface area contributed by atoms with Crippen molar-refractivity contribution >= 4 is 0 Å². The van der Waals surface area contributed by atoms with Crippen molar-refractivity contribution < 1.29 is 13.9 Å². The summed E-state index contributed by atoms with van der Waals surface area (Å²) in [7, 11) is 1.68. The minimum Gasteiger partial charge on any atom is -0.493 e. The molecule has 0 saturated carbocycles. The number of rotatable bonds is 8. The van der Waals surface area contributed by atoms with Crippen LogP contribution in [0.3, 0.4) is 0 Å². The van der Waals surface area contributed by atoms with Gasteiger partial charge in [0.15, 0.2) is 0 Å². The summed E-state index contributed by atoms with van der Waals surface area (Å²) < 4.78 is 23.4. The largest absolute Gasteiger partial charge is 0.493 e. The number of halogens is 1. The van der Waals surface area contributed by atoms with Crippen molar-refractivity contribution in [3.05, 3.63) is 29.6 Å². The second kappa shape index (κ2) is 8.03. The maximum atomic E-state index is 13.0. The Bertz CT molecular complexity index is 331. The fourth-order valence-corrected chi connectivity index (χ4v) is 1.41. The molecule has 0 atom stereocenters. The Kier molecular flexibility index (Phi) is 6.58. The van der Waals surface area contributed by atoms with Crippen LogP contribution in [0.25, 0.3) is 0 Å². The van der Waals surface area contributed by atoms with Crippen LogP contribution in [-0.4, -0.2) is 33.4 Å². The first-order chi connectivity index (χ1) is 8.24. The van der Waals surface area contributed by atoms with Gasteiger partial charge in [0.1, 0.15) is 11.6 Å². The van der Waals surface area contributed by atoms with E-state index in [1.807, 2.05) is 6.92 Å². The molecule has 0 fully saturated rings. The first-order valence-corrected chi connectivity index (χ1v) is 5.82. The van der Waals surface area contributed by atoms with E-state index in [0.29, 0.717) is 19.0 Å². The SMILES string of the molecule is COCCNCCCOc1cc(F)ccc1C. The lowest BCUT2D eigenvalue weighted by molar-refractivity contribution is 0.198. The fourth-order valence-electron chi connectivity index (χ4n) is 1.41. The van der Waals surface area contributed by atoms with E-state index in [1.54, 1.807) is 13.2 Å². The van der Waals surface area contributed by atoms with Crippen LogP contribution in [0.1, 0.15) is 12.0 Å². The Morgan fingerprint density at radius 1 is 1.24 bits per heavy atom. The van der Waals surface area contributed by atoms with Crippen LogP contribution >= 0.6 is 0 Å². The van der Waals surface area contributed by atoms with E-state index in [9.17, 15) is 4.39 Å². The van der Waals surface area contributed by atoms with Gasteiger partial charge in [-0.25, -0.2) is 4.39 Å². The molecule has 17 heavy (non-hydrogen) atoms. The fraction of sp³-hybridized carbons (Fsp3) is 0.538. The lowest BCUT2D eigenvalue weighted by Crippen LogP contribution is -2.21. The summed E-state index contributed by atoms with van der Waals surface area (Å²) in [5.74, 6) is 0.366. The number of ether oxygens (including phenoxy) is 2. The smallest absolute Gasteiger partial charge is 0.126 e. The number of hydrogen-bond acceptors (Lipinski definition) is 3. The molecule has 1 rings (SSSR count). The molecule has 0 aliphatic rings. The van der Waals surface area contributed by atoms with E-state index in [4.69, 9.17) is 9.47 Å². The summed E-state index contributed by atoms with van der Waals surface area (Å²) in [5, 5.41) is 3.22. The number of aryl methyl sites for hydroxylation is 1. The topological polar surface area (TPSA) is 30.5 Å². The second-order valence-electron chi connectivity index (χ2n) is 3.85. The van der Waals surface area contributed by atoms with E-state index in [2.05, 4.69) is 5.32 Å². The summed E-state index contributed by atoms with van der Waals surface area (Å²) in [5.41, 5.74) is 0.957. The van der Waals surface area contributed by atoms with Crippen LogP contribution < -0.4 is 10.1 Å². The van der Waals surface area contributed by atoms with E-state index < -0.39 is 0 Å². The quantitative estimate of drug-likeness (QED) is 0.707. The zero-order valence-corrected chi connectivity index (χ0v) is 10.5. The average Bonchev–Trinajstić information content (AvgIpc) is 2.32. The second-order valence-corrected chi connectivity index (χ2v) is 3.85. The molecule has 0 radical (unpaired) electrons. The molecule has 0 heterocycles. The van der Waals surface area contributed by atoms with Crippen LogP contribution in [0.15, 0.2) is 18.2 Å². The molecule has 0 bridgehead atoms. The standard InChI is InChI=1S/C13H20FNO2/c1-11-4-5-12(14)10-13(11)17-8-3-6-15-7-9-16-2/h4-5,10,15H,3,6-9H2,1-2H3. The van der Waals surface area contributed by atoms with Crippen molar-refractivity contribution in [1.29, 1.82) is 0 Å². The predicted octanol–water partition coefficient (Wildman–Crippen LogP) is 2.14. The first kappa shape index (κ1) is 13.9. The van der Waals surface area contributed by atoms with E-state index >= 15 is 0 Å². The Labute approximate surface area is 102 Å². The number of benzene rings is 1. The van der Waals surface area contributed by atoms with E-state index in [0.717, 1.165) is 25.1 Å². The van der Waals surface area contributed by atoms with Crippen molar-refractivity contribution in [2.75, 3.05) is 33.4 Å². The highest BCUT2D eigenvalue weighted by atomic mass is 19.1. The molecule has 0 amide bonds. The van der Waals surface area contributed by atoms with Gasteiger partial charge < -0.3 is 14.8 Å². The Hall–Kier alpha value is -1.13. The molecule has 0 saturated heterocycles. The van der Waals surface area contributed by atoms with Crippen LogP contribution in [0, 0.1) is 12.7 Å². The van der Waals surface area contributed by atoms with Gasteiger partial charge in [0.25, 0.3) is 0 Å². The first-order valence-electron chi connectivity index (χ1n) is 5.82. The minimum atomic E-state index is -0.260. The third kappa shape index (κ3) is 5.65. The van der Waals surface area contributed by atoms with Gasteiger partial charge >= 0.3 is 0 Å². The highest BCUT2D eigenvalue weighted by Gasteiger charge is 2.00. The molecule has 4 heteroatoms. The Balaban J connectivity index is 2.15. The molecule has 0 unspecified atom stereocenters. The van der Waals surface area contributed by atoms with Gasteiger partial charge in [-0.1, -0.05) is 6.07 Å². The summed E-state index contributed by atoms with van der Waals surface area (Å²) in [4.78, 5) is 0. The van der Waals surface area contributed by atoms with Gasteiger partial charge in [-0.05, 0) is 31.5 Å². The Morgan fingerprint density at radius 3 is 2.82 bits per heavy atom. The summed E-state index contributed by atoms with van der Waals surface area (Å²) in [6.07, 6.45) is 0.889. The number of hydrogen-bond donors (Lipinski definition) is 1. The molecule has 3 nitrogen and oxygen atoms in total. The van der Waals surface area contributed by atoms with Gasteiger partial charge in [0.2, 0.25) is 0 Å². The molecule has 0 aliphatic carbocycles. The Morgan fingerprint density at radius 2 is 2.06 bits per heavy atom. The van der Waals surface area contributed by atoms with E-state index in [-0.39, 0.29) is 5.82 Å². The molecule has 1 aromatic carbocycles. The number of nitrogens with one attached hydrogen (secondary N) is 1. The maximum absolute atomic E-state index is 13.0. The van der Waals surface area contributed by atoms with Crippen LogP contribution in [0.4, 0.5) is 4.39 Å². The van der Waals surface area contributed by atoms with Crippen molar-refractivity contribution in [3.63, 3.8) is 0 Å². The van der Waals surface area contributed by atoms with Crippen molar-refractivity contribution in [2.24, 2.45) is 0 Å². The normalized spacial score (nSPS) is 10.5. The van der Waals surface area contributed by atoms with E-state index in [1.165, 1.54) is 12.1 Å². The van der Waals surface area contributed by atoms with Crippen LogP contribution in [0.5, 0.6) is 5.75 Å². The molecular formula is C13H20FNO2. The zero-order valence-electron chi connectivity index (χ0n) is 10.5. The van der Waals surface area contributed by atoms with Gasteiger partial charge in [-0.15, -0.1) is 0 Å². The summed E-state index contributed by atoms with van der Waals surface area (Å²) >= 11 is 0. The molecule has 0 aromatic heterocycles. The minimum absolute atomic E-state index is 0.260. The molecule has 0 aliphatic heterocycles. The summed E-state index contributed by atoms with van der Waals surface area (Å²) in [6, 6.07) is 4.59. The monoisotopic (exact) mass is 241 g/mol. The van der Waals surface area contributed by atoms with Crippen LogP contribution in [0.2, 0.25) is 0 Å². The highest BCUT2D eigenvalue weighted by molar-refractivity contribution is 5.32. The number of methoxy groups -OCH3 is 1. The molecule has 1 aromatic rings. The van der Waals surface area contributed by atoms with Gasteiger partial charge in [0.05, 0.1) is 13.2 Å². The van der Waals surface area contributed by atoms with Crippen molar-refractivity contribution in [2.45, 2.75) is 13.3 Å². The van der Waals surface area contributed by atoms with Crippen molar-refractivity contribution in [1.82, 2.24) is 5.32 Å². The highest BCUT2D eigenvalue weighted by Crippen LogP contribution is 2.18. The lowest BCUT2D eigenvalue weighted by atomic mass is 10.2. The molecule has 96 valence electrons. The molecule has 0 spiro atoms. The molecule has 1 N–H and O–H groups in total. The van der Waals surface area contributed by atoms with Gasteiger partial charge in [-0.2, -0.15) is 0 Å². The average molecular weight is 241 g/mol.